The number of phenols is 1. The fourth-order valence-electron chi connectivity index (χ4n) is 1.60. The summed E-state index contributed by atoms with van der Waals surface area (Å²) in [5.41, 5.74) is 3.37. The van der Waals surface area contributed by atoms with Crippen LogP contribution in [-0.2, 0) is 0 Å². The molecule has 0 heterocycles. The van der Waals surface area contributed by atoms with Crippen molar-refractivity contribution >= 4 is 34.7 Å². The van der Waals surface area contributed by atoms with Crippen molar-refractivity contribution in [1.82, 2.24) is 5.43 Å². The Morgan fingerprint density at radius 3 is 2.62 bits per heavy atom. The first-order valence-corrected chi connectivity index (χ1v) is 7.14. The molecule has 0 fully saturated rings. The number of phenolic OH excluding ortho intramolecular Hbond substituents is 1. The quantitative estimate of drug-likeness (QED) is 0.475. The first-order chi connectivity index (χ1) is 10.1. The average molecular weight is 396 g/mol. The molecule has 0 aliphatic rings. The third-order valence-electron chi connectivity index (χ3n) is 2.70. The smallest absolute Gasteiger partial charge is 0.275 e. The third kappa shape index (κ3) is 4.19. The van der Waals surface area contributed by atoms with Crippen molar-refractivity contribution in [2.24, 2.45) is 5.10 Å². The van der Waals surface area contributed by atoms with E-state index < -0.39 is 5.91 Å². The lowest BCUT2D eigenvalue weighted by Crippen LogP contribution is -2.17. The number of hydrazone groups is 1. The summed E-state index contributed by atoms with van der Waals surface area (Å²) in [5.74, 6) is -0.167. The van der Waals surface area contributed by atoms with E-state index in [4.69, 9.17) is 4.74 Å². The fraction of sp³-hybridized carbons (Fsp3) is 0.0667. The first kappa shape index (κ1) is 15.3. The summed E-state index contributed by atoms with van der Waals surface area (Å²) >= 11 is 2.21. The molecule has 0 aliphatic carbocycles. The van der Waals surface area contributed by atoms with Gasteiger partial charge < -0.3 is 9.84 Å². The highest BCUT2D eigenvalue weighted by atomic mass is 127. The first-order valence-electron chi connectivity index (χ1n) is 6.06. The molecule has 0 radical (unpaired) electrons. The van der Waals surface area contributed by atoms with Gasteiger partial charge in [-0.25, -0.2) is 5.43 Å². The minimum absolute atomic E-state index is 0.135. The van der Waals surface area contributed by atoms with E-state index >= 15 is 0 Å². The molecule has 1 amide bonds. The van der Waals surface area contributed by atoms with E-state index in [1.54, 1.807) is 6.07 Å². The van der Waals surface area contributed by atoms with E-state index in [0.29, 0.717) is 5.75 Å². The maximum Gasteiger partial charge on any atom is 0.275 e. The fourth-order valence-corrected chi connectivity index (χ4v) is 1.96. The van der Waals surface area contributed by atoms with Crippen LogP contribution in [0.4, 0.5) is 0 Å². The van der Waals surface area contributed by atoms with Crippen LogP contribution in [0.5, 0.6) is 11.5 Å². The van der Waals surface area contributed by atoms with Gasteiger partial charge in [-0.15, -0.1) is 0 Å². The van der Waals surface area contributed by atoms with Gasteiger partial charge in [0.05, 0.1) is 18.9 Å². The Morgan fingerprint density at radius 2 is 2.00 bits per heavy atom. The van der Waals surface area contributed by atoms with Crippen molar-refractivity contribution in [3.8, 4) is 11.5 Å². The zero-order valence-corrected chi connectivity index (χ0v) is 13.4. The van der Waals surface area contributed by atoms with Gasteiger partial charge in [-0.3, -0.25) is 4.79 Å². The summed E-state index contributed by atoms with van der Waals surface area (Å²) in [7, 11) is 1.49. The van der Waals surface area contributed by atoms with Gasteiger partial charge in [-0.2, -0.15) is 5.10 Å². The SMILES string of the molecule is COc1ccc(C(=O)N/N=C\c2ccc(I)cc2)c(O)c1. The Hall–Kier alpha value is -2.09. The van der Waals surface area contributed by atoms with E-state index in [0.717, 1.165) is 9.13 Å². The second-order valence-electron chi connectivity index (χ2n) is 4.13. The van der Waals surface area contributed by atoms with Crippen LogP contribution in [-0.4, -0.2) is 24.3 Å². The Labute approximate surface area is 135 Å². The lowest BCUT2D eigenvalue weighted by molar-refractivity contribution is 0.0952. The molecule has 0 aliphatic heterocycles. The zero-order chi connectivity index (χ0) is 15.2. The predicted octanol–water partition coefficient (Wildman–Crippen LogP) is 2.77. The minimum atomic E-state index is -0.489. The molecule has 0 unspecified atom stereocenters. The number of nitrogens with one attached hydrogen (secondary N) is 1. The molecule has 108 valence electrons. The zero-order valence-electron chi connectivity index (χ0n) is 11.2. The van der Waals surface area contributed by atoms with Crippen molar-refractivity contribution in [1.29, 1.82) is 0 Å². The normalized spacial score (nSPS) is 10.6. The number of halogens is 1. The summed E-state index contributed by atoms with van der Waals surface area (Å²) in [4.78, 5) is 11.9. The van der Waals surface area contributed by atoms with E-state index in [2.05, 4.69) is 33.1 Å². The van der Waals surface area contributed by atoms with Crippen molar-refractivity contribution in [2.45, 2.75) is 0 Å². The number of amides is 1. The molecule has 0 spiro atoms. The van der Waals surface area contributed by atoms with Crippen molar-refractivity contribution in [2.75, 3.05) is 7.11 Å². The van der Waals surface area contributed by atoms with Gasteiger partial charge in [0, 0.05) is 9.64 Å². The number of carbonyl (C=O) groups excluding carboxylic acids is 1. The number of hydrogen-bond donors (Lipinski definition) is 2. The molecule has 2 N–H and O–H groups in total. The molecular formula is C15H13IN2O3. The van der Waals surface area contributed by atoms with Crippen LogP contribution in [0.1, 0.15) is 15.9 Å². The molecular weight excluding hydrogens is 383 g/mol. The summed E-state index contributed by atoms with van der Waals surface area (Å²) < 4.78 is 6.08. The van der Waals surface area contributed by atoms with Gasteiger partial charge in [-0.05, 0) is 52.4 Å². The van der Waals surface area contributed by atoms with Crippen LogP contribution in [0.3, 0.4) is 0 Å². The number of benzene rings is 2. The standard InChI is InChI=1S/C15H13IN2O3/c1-21-12-6-7-13(14(19)8-12)15(20)18-17-9-10-2-4-11(16)5-3-10/h2-9,19H,1H3,(H,18,20)/b17-9-. The van der Waals surface area contributed by atoms with Gasteiger partial charge in [-0.1, -0.05) is 12.1 Å². The van der Waals surface area contributed by atoms with Crippen molar-refractivity contribution < 1.29 is 14.6 Å². The third-order valence-corrected chi connectivity index (χ3v) is 3.42. The van der Waals surface area contributed by atoms with Crippen LogP contribution in [0, 0.1) is 3.57 Å². The topological polar surface area (TPSA) is 70.9 Å². The maximum atomic E-state index is 11.9. The molecule has 2 rings (SSSR count). The largest absolute Gasteiger partial charge is 0.507 e. The Morgan fingerprint density at radius 1 is 1.29 bits per heavy atom. The van der Waals surface area contributed by atoms with Gasteiger partial charge in [0.2, 0.25) is 0 Å². The van der Waals surface area contributed by atoms with Gasteiger partial charge in [0.1, 0.15) is 11.5 Å². The highest BCUT2D eigenvalue weighted by molar-refractivity contribution is 14.1. The van der Waals surface area contributed by atoms with Crippen LogP contribution in [0.25, 0.3) is 0 Å². The number of nitrogens with zero attached hydrogens (tertiary/aromatic N) is 1. The minimum Gasteiger partial charge on any atom is -0.507 e. The van der Waals surface area contributed by atoms with Crippen LogP contribution in [0.2, 0.25) is 0 Å². The van der Waals surface area contributed by atoms with Gasteiger partial charge in [0.15, 0.2) is 0 Å². The van der Waals surface area contributed by atoms with E-state index in [1.807, 2.05) is 24.3 Å². The Bertz CT molecular complexity index is 669. The molecule has 0 saturated carbocycles. The monoisotopic (exact) mass is 396 g/mol. The summed E-state index contributed by atoms with van der Waals surface area (Å²) in [6, 6.07) is 12.1. The molecule has 0 atom stereocenters. The van der Waals surface area contributed by atoms with E-state index in [9.17, 15) is 9.90 Å². The second-order valence-corrected chi connectivity index (χ2v) is 5.38. The Kier molecular flexibility index (Phi) is 5.15. The predicted molar refractivity (Wildman–Crippen MR) is 88.9 cm³/mol. The van der Waals surface area contributed by atoms with Crippen molar-refractivity contribution in [3.63, 3.8) is 0 Å². The summed E-state index contributed by atoms with van der Waals surface area (Å²) in [5, 5.41) is 13.6. The molecule has 0 aromatic heterocycles. The second kappa shape index (κ2) is 7.07. The number of aromatic hydroxyl groups is 1. The number of ether oxygens (including phenoxy) is 1. The van der Waals surface area contributed by atoms with Gasteiger partial charge >= 0.3 is 0 Å². The van der Waals surface area contributed by atoms with Crippen LogP contribution < -0.4 is 10.2 Å². The molecule has 2 aromatic carbocycles. The number of carbonyl (C=O) groups is 1. The van der Waals surface area contributed by atoms with E-state index in [-0.39, 0.29) is 11.3 Å². The van der Waals surface area contributed by atoms with Gasteiger partial charge in [0.25, 0.3) is 5.91 Å². The highest BCUT2D eigenvalue weighted by Gasteiger charge is 2.10. The molecule has 2 aromatic rings. The van der Waals surface area contributed by atoms with Crippen LogP contribution in [0.15, 0.2) is 47.6 Å². The summed E-state index contributed by atoms with van der Waals surface area (Å²) in [6.07, 6.45) is 1.54. The summed E-state index contributed by atoms with van der Waals surface area (Å²) in [6.45, 7) is 0. The number of rotatable bonds is 4. The highest BCUT2D eigenvalue weighted by Crippen LogP contribution is 2.23. The lowest BCUT2D eigenvalue weighted by atomic mass is 10.2. The van der Waals surface area contributed by atoms with Crippen LogP contribution >= 0.6 is 22.6 Å². The number of methoxy groups -OCH3 is 1. The number of hydrogen-bond acceptors (Lipinski definition) is 4. The van der Waals surface area contributed by atoms with E-state index in [1.165, 1.54) is 25.5 Å². The molecule has 6 heteroatoms. The molecule has 21 heavy (non-hydrogen) atoms. The Balaban J connectivity index is 2.03. The average Bonchev–Trinajstić information content (AvgIpc) is 2.49. The maximum absolute atomic E-state index is 11.9. The molecule has 0 saturated heterocycles. The molecule has 5 nitrogen and oxygen atoms in total. The molecule has 0 bridgehead atoms. The van der Waals surface area contributed by atoms with Crippen molar-refractivity contribution in [3.05, 3.63) is 57.2 Å². The lowest BCUT2D eigenvalue weighted by Gasteiger charge is -2.05.